The maximum Gasteiger partial charge on any atom is 0.255 e. The number of rotatable bonds is 3. The van der Waals surface area contributed by atoms with Crippen molar-refractivity contribution in [2.75, 3.05) is 13.1 Å². The van der Waals surface area contributed by atoms with Gasteiger partial charge in [-0.25, -0.2) is 4.39 Å². The van der Waals surface area contributed by atoms with Gasteiger partial charge in [-0.15, -0.1) is 0 Å². The summed E-state index contributed by atoms with van der Waals surface area (Å²) >= 11 is 0. The van der Waals surface area contributed by atoms with Crippen LogP contribution >= 0.6 is 0 Å². The first-order valence-corrected chi connectivity index (χ1v) is 8.07. The Morgan fingerprint density at radius 1 is 1.40 bits per heavy atom. The van der Waals surface area contributed by atoms with Crippen LogP contribution < -0.4 is 16.6 Å². The number of nitrogens with zero attached hydrogens (tertiary/aromatic N) is 1. The van der Waals surface area contributed by atoms with Crippen molar-refractivity contribution in [3.05, 3.63) is 46.0 Å². The molecule has 3 rings (SSSR count). The van der Waals surface area contributed by atoms with E-state index in [1.807, 2.05) is 0 Å². The number of likely N-dealkylation sites (tertiary alicyclic amines) is 1. The summed E-state index contributed by atoms with van der Waals surface area (Å²) < 4.78 is 13.6. The van der Waals surface area contributed by atoms with Crippen molar-refractivity contribution < 1.29 is 14.0 Å². The number of carbonyl (C=O) groups is 2. The smallest absolute Gasteiger partial charge is 0.255 e. The lowest BCUT2D eigenvalue weighted by atomic mass is 10.1. The fourth-order valence-corrected chi connectivity index (χ4v) is 3.19. The Labute approximate surface area is 143 Å². The molecule has 2 aromatic rings. The number of carbonyl (C=O) groups excluding carboxylic acids is 2. The van der Waals surface area contributed by atoms with Crippen molar-refractivity contribution >= 4 is 22.7 Å². The minimum Gasteiger partial charge on any atom is -0.355 e. The number of hydrogen-bond donors (Lipinski definition) is 3. The maximum atomic E-state index is 13.6. The summed E-state index contributed by atoms with van der Waals surface area (Å²) in [6, 6.07) is 3.89. The van der Waals surface area contributed by atoms with E-state index in [1.54, 1.807) is 6.92 Å². The molecule has 0 aliphatic carbocycles. The summed E-state index contributed by atoms with van der Waals surface area (Å²) in [5.41, 5.74) is 5.87. The topological polar surface area (TPSA) is 108 Å². The molecule has 0 unspecified atom stereocenters. The van der Waals surface area contributed by atoms with E-state index in [-0.39, 0.29) is 24.1 Å². The van der Waals surface area contributed by atoms with E-state index in [9.17, 15) is 18.8 Å². The highest BCUT2D eigenvalue weighted by Crippen LogP contribution is 2.23. The second kappa shape index (κ2) is 6.64. The molecule has 7 nitrogen and oxygen atoms in total. The molecule has 4 N–H and O–H groups in total. The Balaban J connectivity index is 2.05. The maximum absolute atomic E-state index is 13.6. The highest BCUT2D eigenvalue weighted by molar-refractivity contribution is 6.07. The second-order valence-electron chi connectivity index (χ2n) is 6.10. The van der Waals surface area contributed by atoms with Gasteiger partial charge in [0.25, 0.3) is 5.91 Å². The molecule has 1 saturated heterocycles. The fraction of sp³-hybridized carbons (Fsp3) is 0.353. The summed E-state index contributed by atoms with van der Waals surface area (Å²) in [6.45, 7) is 2.42. The monoisotopic (exact) mass is 346 g/mol. The van der Waals surface area contributed by atoms with E-state index in [0.717, 1.165) is 6.07 Å². The molecule has 1 aliphatic heterocycles. The van der Waals surface area contributed by atoms with E-state index in [0.29, 0.717) is 23.9 Å². The van der Waals surface area contributed by atoms with Crippen molar-refractivity contribution in [3.8, 4) is 0 Å². The van der Waals surface area contributed by atoms with Crippen LogP contribution in [0, 0.1) is 5.82 Å². The molecule has 1 fully saturated rings. The Kier molecular flexibility index (Phi) is 4.54. The van der Waals surface area contributed by atoms with Crippen LogP contribution in [0.15, 0.2) is 29.1 Å². The molecule has 1 aromatic carbocycles. The largest absolute Gasteiger partial charge is 0.355 e. The normalized spacial score (nSPS) is 20.0. The van der Waals surface area contributed by atoms with Crippen LogP contribution in [0.3, 0.4) is 0 Å². The minimum absolute atomic E-state index is 0.0571. The number of halogens is 1. The molecule has 2 atom stereocenters. The van der Waals surface area contributed by atoms with Gasteiger partial charge in [0, 0.05) is 36.1 Å². The Morgan fingerprint density at radius 2 is 2.16 bits per heavy atom. The van der Waals surface area contributed by atoms with Crippen LogP contribution in [0.4, 0.5) is 4.39 Å². The third-order valence-corrected chi connectivity index (χ3v) is 4.28. The zero-order valence-corrected chi connectivity index (χ0v) is 13.7. The summed E-state index contributed by atoms with van der Waals surface area (Å²) in [5.74, 6) is -1.32. The Bertz CT molecular complexity index is 895. The van der Waals surface area contributed by atoms with Crippen LogP contribution in [0.5, 0.6) is 0 Å². The molecule has 8 heteroatoms. The van der Waals surface area contributed by atoms with Gasteiger partial charge >= 0.3 is 0 Å². The van der Waals surface area contributed by atoms with Crippen LogP contribution in [0.2, 0.25) is 0 Å². The van der Waals surface area contributed by atoms with E-state index in [4.69, 9.17) is 5.73 Å². The molecule has 2 amide bonds. The Morgan fingerprint density at radius 3 is 2.88 bits per heavy atom. The molecule has 0 bridgehead atoms. The van der Waals surface area contributed by atoms with Crippen molar-refractivity contribution in [2.45, 2.75) is 25.4 Å². The first-order valence-electron chi connectivity index (χ1n) is 8.07. The fourth-order valence-electron chi connectivity index (χ4n) is 3.19. The van der Waals surface area contributed by atoms with Gasteiger partial charge in [-0.05, 0) is 31.5 Å². The molecular weight excluding hydrogens is 327 g/mol. The number of likely N-dealkylation sites (N-methyl/N-ethyl adjacent to an activating group) is 1. The molecule has 132 valence electrons. The molecule has 2 heterocycles. The highest BCUT2D eigenvalue weighted by atomic mass is 19.1. The van der Waals surface area contributed by atoms with E-state index >= 15 is 0 Å². The number of aromatic nitrogens is 1. The third-order valence-electron chi connectivity index (χ3n) is 4.28. The molecular formula is C17H19FN4O3. The molecule has 0 spiro atoms. The molecule has 25 heavy (non-hydrogen) atoms. The Hall–Kier alpha value is -2.74. The number of fused-ring (bicyclic) bond motifs is 1. The lowest BCUT2D eigenvalue weighted by molar-refractivity contribution is -0.124. The molecule has 1 aromatic heterocycles. The minimum atomic E-state index is -0.703. The number of H-pyrrole nitrogens is 1. The lowest BCUT2D eigenvalue weighted by Crippen LogP contribution is -2.46. The van der Waals surface area contributed by atoms with E-state index < -0.39 is 23.3 Å². The standard InChI is InChI=1S/C17H19FN4O3/c1-2-20-16(24)14-6-10(19)8-22(14)17(25)12-7-15(23)21-13-4-3-9(18)5-11(12)13/h3-5,7,10,14H,2,6,8,19H2,1H3,(H,20,24)(H,21,23)/t10-,14-/m0/s1. The zero-order valence-electron chi connectivity index (χ0n) is 13.7. The predicted molar refractivity (Wildman–Crippen MR) is 90.6 cm³/mol. The van der Waals surface area contributed by atoms with Crippen molar-refractivity contribution in [2.24, 2.45) is 5.73 Å². The SMILES string of the molecule is CCNC(=O)[C@@H]1C[C@H](N)CN1C(=O)c1cc(=O)[nH]c2ccc(F)cc12. The van der Waals surface area contributed by atoms with Gasteiger partial charge in [0.15, 0.2) is 0 Å². The van der Waals surface area contributed by atoms with Crippen LogP contribution in [-0.2, 0) is 4.79 Å². The lowest BCUT2D eigenvalue weighted by Gasteiger charge is -2.24. The van der Waals surface area contributed by atoms with Gasteiger partial charge in [-0.2, -0.15) is 0 Å². The van der Waals surface area contributed by atoms with Crippen LogP contribution in [-0.4, -0.2) is 46.9 Å². The number of aromatic amines is 1. The number of nitrogens with one attached hydrogen (secondary N) is 2. The quantitative estimate of drug-likeness (QED) is 0.745. The van der Waals surface area contributed by atoms with Gasteiger partial charge < -0.3 is 20.9 Å². The first-order chi connectivity index (χ1) is 11.9. The van der Waals surface area contributed by atoms with Crippen LogP contribution in [0.25, 0.3) is 10.9 Å². The van der Waals surface area contributed by atoms with E-state index in [2.05, 4.69) is 10.3 Å². The summed E-state index contributed by atoms with van der Waals surface area (Å²) in [5, 5.41) is 2.98. The summed E-state index contributed by atoms with van der Waals surface area (Å²) in [7, 11) is 0. The van der Waals surface area contributed by atoms with Crippen molar-refractivity contribution in [3.63, 3.8) is 0 Å². The number of benzene rings is 1. The average Bonchev–Trinajstić information content (AvgIpc) is 2.96. The van der Waals surface area contributed by atoms with Gasteiger partial charge in [0.1, 0.15) is 11.9 Å². The predicted octanol–water partition coefficient (Wildman–Crippen LogP) is 0.345. The third kappa shape index (κ3) is 3.25. The molecule has 0 radical (unpaired) electrons. The van der Waals surface area contributed by atoms with Gasteiger partial charge in [0.05, 0.1) is 5.56 Å². The second-order valence-corrected chi connectivity index (χ2v) is 6.10. The van der Waals surface area contributed by atoms with Gasteiger partial charge in [-0.1, -0.05) is 0 Å². The number of pyridine rings is 1. The average molecular weight is 346 g/mol. The van der Waals surface area contributed by atoms with Gasteiger partial charge in [0.2, 0.25) is 11.5 Å². The van der Waals surface area contributed by atoms with Crippen molar-refractivity contribution in [1.82, 2.24) is 15.2 Å². The number of amides is 2. The summed E-state index contributed by atoms with van der Waals surface area (Å²) in [6.07, 6.45) is 0.340. The molecule has 1 aliphatic rings. The van der Waals surface area contributed by atoms with Crippen LogP contribution in [0.1, 0.15) is 23.7 Å². The summed E-state index contributed by atoms with van der Waals surface area (Å²) in [4.78, 5) is 41.0. The van der Waals surface area contributed by atoms with E-state index in [1.165, 1.54) is 23.1 Å². The molecule has 0 saturated carbocycles. The number of nitrogens with two attached hydrogens (primary N) is 1. The highest BCUT2D eigenvalue weighted by Gasteiger charge is 2.38. The number of hydrogen-bond acceptors (Lipinski definition) is 4. The van der Waals surface area contributed by atoms with Crippen molar-refractivity contribution in [1.29, 1.82) is 0 Å². The zero-order chi connectivity index (χ0) is 18.1. The van der Waals surface area contributed by atoms with Gasteiger partial charge in [-0.3, -0.25) is 14.4 Å². The first kappa shape index (κ1) is 17.1.